The minimum atomic E-state index is -0.645. The maximum absolute atomic E-state index is 13.3. The molecule has 0 amide bonds. The highest BCUT2D eigenvalue weighted by Gasteiger charge is 2.25. The summed E-state index contributed by atoms with van der Waals surface area (Å²) in [5, 5.41) is 1.27. The highest BCUT2D eigenvalue weighted by atomic mass is 16.5. The lowest BCUT2D eigenvalue weighted by atomic mass is 9.96. The summed E-state index contributed by atoms with van der Waals surface area (Å²) in [7, 11) is 7.48. The summed E-state index contributed by atoms with van der Waals surface area (Å²) >= 11 is 0. The number of pyridine rings is 2. The lowest BCUT2D eigenvalue weighted by Crippen LogP contribution is -2.10. The standard InChI is InChI=1S/C34H32N2O8/c1-38-27-12-7-6-10-21(27)19-44-33-26-18-24(43-20-23-11-8-9-15-35-23)13-14-25(26)30(31(36-33)34(37)42-5)22-16-28(39-2)32(41-4)29(17-22)40-3/h6-18H,19-20H2,1-5H3. The molecule has 2 heterocycles. The van der Waals surface area contributed by atoms with Crippen LogP contribution in [0.15, 0.2) is 79.0 Å². The molecule has 0 fully saturated rings. The minimum absolute atomic E-state index is 0.0476. The molecular weight excluding hydrogens is 564 g/mol. The third-order valence-corrected chi connectivity index (χ3v) is 6.94. The normalized spacial score (nSPS) is 10.7. The molecule has 44 heavy (non-hydrogen) atoms. The summed E-state index contributed by atoms with van der Waals surface area (Å²) in [6, 6.07) is 22.2. The number of aromatic nitrogens is 2. The topological polar surface area (TPSA) is 107 Å². The van der Waals surface area contributed by atoms with Crippen molar-refractivity contribution in [2.45, 2.75) is 13.2 Å². The van der Waals surface area contributed by atoms with E-state index in [4.69, 9.17) is 38.1 Å². The minimum Gasteiger partial charge on any atom is -0.496 e. The Balaban J connectivity index is 1.70. The number of nitrogens with zero attached hydrogens (tertiary/aromatic N) is 2. The molecule has 0 saturated carbocycles. The van der Waals surface area contributed by atoms with Gasteiger partial charge in [-0.25, -0.2) is 9.78 Å². The van der Waals surface area contributed by atoms with Crippen LogP contribution in [0.25, 0.3) is 21.9 Å². The molecule has 0 unspecified atom stereocenters. The average molecular weight is 597 g/mol. The molecular formula is C34H32N2O8. The van der Waals surface area contributed by atoms with Crippen molar-refractivity contribution >= 4 is 16.7 Å². The van der Waals surface area contributed by atoms with Crippen LogP contribution in [0, 0.1) is 0 Å². The van der Waals surface area contributed by atoms with Crippen molar-refractivity contribution in [1.29, 1.82) is 0 Å². The van der Waals surface area contributed by atoms with Gasteiger partial charge in [-0.3, -0.25) is 4.98 Å². The molecule has 10 heteroatoms. The summed E-state index contributed by atoms with van der Waals surface area (Å²) in [5.74, 6) is 2.04. The Morgan fingerprint density at radius 1 is 0.705 bits per heavy atom. The van der Waals surface area contributed by atoms with Crippen LogP contribution in [0.2, 0.25) is 0 Å². The molecule has 0 radical (unpaired) electrons. The third kappa shape index (κ3) is 6.14. The van der Waals surface area contributed by atoms with E-state index >= 15 is 0 Å². The average Bonchev–Trinajstić information content (AvgIpc) is 3.08. The fourth-order valence-electron chi connectivity index (χ4n) is 4.83. The van der Waals surface area contributed by atoms with Crippen molar-refractivity contribution in [2.24, 2.45) is 0 Å². The number of esters is 1. The summed E-state index contributed by atoms with van der Waals surface area (Å²) in [6.45, 7) is 0.395. The van der Waals surface area contributed by atoms with E-state index in [1.807, 2.05) is 60.7 Å². The second-order valence-electron chi connectivity index (χ2n) is 9.46. The van der Waals surface area contributed by atoms with Crippen LogP contribution in [0.1, 0.15) is 21.7 Å². The van der Waals surface area contributed by atoms with Crippen molar-refractivity contribution in [3.63, 3.8) is 0 Å². The zero-order valence-electron chi connectivity index (χ0n) is 25.1. The Morgan fingerprint density at radius 3 is 2.09 bits per heavy atom. The zero-order chi connectivity index (χ0) is 31.1. The quantitative estimate of drug-likeness (QED) is 0.153. The molecule has 0 spiro atoms. The van der Waals surface area contributed by atoms with E-state index in [9.17, 15) is 4.79 Å². The maximum Gasteiger partial charge on any atom is 0.357 e. The molecule has 0 bridgehead atoms. The molecule has 226 valence electrons. The molecule has 5 aromatic rings. The Hall–Kier alpha value is -5.51. The van der Waals surface area contributed by atoms with Crippen LogP contribution in [0.4, 0.5) is 0 Å². The number of hydrogen-bond donors (Lipinski definition) is 0. The Bertz CT molecular complexity index is 1750. The monoisotopic (exact) mass is 596 g/mol. The summed E-state index contributed by atoms with van der Waals surface area (Å²) in [4.78, 5) is 22.3. The predicted molar refractivity (Wildman–Crippen MR) is 164 cm³/mol. The molecule has 0 aliphatic rings. The van der Waals surface area contributed by atoms with Crippen LogP contribution in [-0.4, -0.2) is 51.5 Å². The summed E-state index contributed by atoms with van der Waals surface area (Å²) in [5.41, 5.74) is 2.72. The zero-order valence-corrected chi connectivity index (χ0v) is 25.1. The van der Waals surface area contributed by atoms with Gasteiger partial charge in [0.15, 0.2) is 17.2 Å². The number of carbonyl (C=O) groups is 1. The van der Waals surface area contributed by atoms with Crippen molar-refractivity contribution < 1.29 is 38.0 Å². The highest BCUT2D eigenvalue weighted by molar-refractivity contribution is 6.08. The molecule has 5 rings (SSSR count). The third-order valence-electron chi connectivity index (χ3n) is 6.94. The van der Waals surface area contributed by atoms with Crippen molar-refractivity contribution in [3.8, 4) is 45.8 Å². The summed E-state index contributed by atoms with van der Waals surface area (Å²) < 4.78 is 39.8. The second-order valence-corrected chi connectivity index (χ2v) is 9.46. The SMILES string of the molecule is COC(=O)c1nc(OCc2ccccc2OC)c2cc(OCc3ccccn3)ccc2c1-c1cc(OC)c(OC)c(OC)c1. The highest BCUT2D eigenvalue weighted by Crippen LogP contribution is 2.45. The van der Waals surface area contributed by atoms with Gasteiger partial charge in [0.2, 0.25) is 11.6 Å². The molecule has 0 aliphatic heterocycles. The fourth-order valence-corrected chi connectivity index (χ4v) is 4.83. The first-order chi connectivity index (χ1) is 21.5. The largest absolute Gasteiger partial charge is 0.496 e. The van der Waals surface area contributed by atoms with E-state index in [0.717, 1.165) is 11.3 Å². The van der Waals surface area contributed by atoms with Gasteiger partial charge in [0.25, 0.3) is 0 Å². The van der Waals surface area contributed by atoms with Gasteiger partial charge in [-0.15, -0.1) is 0 Å². The van der Waals surface area contributed by atoms with Crippen LogP contribution in [0.5, 0.6) is 34.6 Å². The number of hydrogen-bond acceptors (Lipinski definition) is 10. The van der Waals surface area contributed by atoms with Gasteiger partial charge >= 0.3 is 5.97 Å². The maximum atomic E-state index is 13.3. The van der Waals surface area contributed by atoms with Crippen LogP contribution < -0.4 is 28.4 Å². The van der Waals surface area contributed by atoms with Crippen LogP contribution in [-0.2, 0) is 18.0 Å². The second kappa shape index (κ2) is 13.6. The van der Waals surface area contributed by atoms with Crippen LogP contribution in [0.3, 0.4) is 0 Å². The van der Waals surface area contributed by atoms with Crippen molar-refractivity contribution in [2.75, 3.05) is 35.5 Å². The number of benzene rings is 3. The first-order valence-electron chi connectivity index (χ1n) is 13.6. The molecule has 10 nitrogen and oxygen atoms in total. The number of ether oxygens (including phenoxy) is 7. The number of methoxy groups -OCH3 is 5. The van der Waals surface area contributed by atoms with Gasteiger partial charge in [-0.05, 0) is 59.5 Å². The fraction of sp³-hybridized carbons (Fsp3) is 0.206. The van der Waals surface area contributed by atoms with E-state index in [-0.39, 0.29) is 24.8 Å². The van der Waals surface area contributed by atoms with E-state index in [1.165, 1.54) is 28.4 Å². The number of carbonyl (C=O) groups excluding carboxylic acids is 1. The van der Waals surface area contributed by atoms with Gasteiger partial charge in [0.1, 0.15) is 24.7 Å². The van der Waals surface area contributed by atoms with Gasteiger partial charge in [0.05, 0.1) is 41.2 Å². The molecule has 2 aromatic heterocycles. The lowest BCUT2D eigenvalue weighted by molar-refractivity contribution is 0.0594. The van der Waals surface area contributed by atoms with Crippen LogP contribution >= 0.6 is 0 Å². The van der Waals surface area contributed by atoms with Gasteiger partial charge in [-0.1, -0.05) is 24.3 Å². The Labute approximate surface area is 255 Å². The number of fused-ring (bicyclic) bond motifs is 1. The predicted octanol–water partition coefficient (Wildman–Crippen LogP) is 6.28. The molecule has 0 aliphatic carbocycles. The van der Waals surface area contributed by atoms with Gasteiger partial charge < -0.3 is 33.2 Å². The number of rotatable bonds is 12. The number of para-hydroxylation sites is 1. The van der Waals surface area contributed by atoms with Crippen molar-refractivity contribution in [1.82, 2.24) is 9.97 Å². The van der Waals surface area contributed by atoms with E-state index in [1.54, 1.807) is 25.4 Å². The van der Waals surface area contributed by atoms with Crippen molar-refractivity contribution in [3.05, 3.63) is 95.9 Å². The molecule has 0 saturated heterocycles. The molecule has 3 aromatic carbocycles. The molecule has 0 N–H and O–H groups in total. The first kappa shape index (κ1) is 30.0. The van der Waals surface area contributed by atoms with E-state index < -0.39 is 5.97 Å². The Morgan fingerprint density at radius 2 is 1.43 bits per heavy atom. The smallest absolute Gasteiger partial charge is 0.357 e. The first-order valence-corrected chi connectivity index (χ1v) is 13.6. The lowest BCUT2D eigenvalue weighted by Gasteiger charge is -2.19. The molecule has 0 atom stereocenters. The Kier molecular flexibility index (Phi) is 9.29. The van der Waals surface area contributed by atoms with E-state index in [0.29, 0.717) is 50.6 Å². The van der Waals surface area contributed by atoms with Gasteiger partial charge in [-0.2, -0.15) is 0 Å². The van der Waals surface area contributed by atoms with E-state index in [2.05, 4.69) is 4.98 Å². The van der Waals surface area contributed by atoms with Gasteiger partial charge in [0, 0.05) is 22.7 Å². The summed E-state index contributed by atoms with van der Waals surface area (Å²) in [6.07, 6.45) is 1.71.